The fourth-order valence-corrected chi connectivity index (χ4v) is 4.03. The van der Waals surface area contributed by atoms with Crippen LogP contribution >= 0.6 is 0 Å². The number of fused-ring (bicyclic) bond motifs is 1. The van der Waals surface area contributed by atoms with Crippen LogP contribution < -0.4 is 4.74 Å². The Labute approximate surface area is 138 Å². The molecular formula is C19H27NO3. The van der Waals surface area contributed by atoms with Crippen LogP contribution in [-0.4, -0.2) is 55.1 Å². The molecule has 0 radical (unpaired) electrons. The van der Waals surface area contributed by atoms with Gasteiger partial charge in [0.05, 0.1) is 18.8 Å². The predicted molar refractivity (Wildman–Crippen MR) is 91.6 cm³/mol. The molecule has 4 heteroatoms. The monoisotopic (exact) mass is 317 g/mol. The molecule has 1 saturated carbocycles. The van der Waals surface area contributed by atoms with E-state index in [-0.39, 0.29) is 11.7 Å². The zero-order valence-corrected chi connectivity index (χ0v) is 14.1. The second kappa shape index (κ2) is 7.04. The molecule has 3 atom stereocenters. The summed E-state index contributed by atoms with van der Waals surface area (Å²) in [6.45, 7) is 1.94. The molecule has 1 N–H and O–H groups in total. The zero-order valence-electron chi connectivity index (χ0n) is 14.1. The number of likely N-dealkylation sites (tertiary alicyclic amines) is 1. The third-order valence-corrected chi connectivity index (χ3v) is 5.44. The summed E-state index contributed by atoms with van der Waals surface area (Å²) < 4.78 is 11.1. The highest BCUT2D eigenvalue weighted by molar-refractivity contribution is 5.50. The number of methoxy groups -OCH3 is 2. The molecule has 1 aliphatic carbocycles. The van der Waals surface area contributed by atoms with Gasteiger partial charge in [-0.25, -0.2) is 0 Å². The standard InChI is InChI=1S/C19H27NO3/c1-22-17-7-5-15(6-8-17)4-3-12-20-13-11-19(23-2)10-9-16(21)14-18(19)20/h3-8,16,18,21H,9-14H2,1-2H3/b4-3+/t16-,18-,19+/m0/s1. The molecule has 2 fully saturated rings. The minimum absolute atomic E-state index is 0.0484. The molecule has 4 nitrogen and oxygen atoms in total. The van der Waals surface area contributed by atoms with E-state index >= 15 is 0 Å². The lowest BCUT2D eigenvalue weighted by Crippen LogP contribution is -2.51. The summed E-state index contributed by atoms with van der Waals surface area (Å²) in [6.07, 6.45) is 7.88. The largest absolute Gasteiger partial charge is 0.497 e. The van der Waals surface area contributed by atoms with E-state index in [9.17, 15) is 5.11 Å². The fraction of sp³-hybridized carbons (Fsp3) is 0.579. The van der Waals surface area contributed by atoms with Crippen LogP contribution in [0.3, 0.4) is 0 Å². The van der Waals surface area contributed by atoms with Gasteiger partial charge in [0.15, 0.2) is 0 Å². The van der Waals surface area contributed by atoms with E-state index in [2.05, 4.69) is 29.2 Å². The number of rotatable bonds is 5. The molecule has 2 aliphatic rings. The number of nitrogens with zero attached hydrogens (tertiary/aromatic N) is 1. The van der Waals surface area contributed by atoms with Crippen molar-refractivity contribution >= 4 is 6.08 Å². The van der Waals surface area contributed by atoms with Gasteiger partial charge in [0.1, 0.15) is 5.75 Å². The Balaban J connectivity index is 1.62. The molecule has 0 unspecified atom stereocenters. The lowest BCUT2D eigenvalue weighted by molar-refractivity contribution is -0.0854. The number of ether oxygens (including phenoxy) is 2. The Morgan fingerprint density at radius 3 is 2.74 bits per heavy atom. The summed E-state index contributed by atoms with van der Waals surface area (Å²) in [6, 6.07) is 8.40. The van der Waals surface area contributed by atoms with Gasteiger partial charge >= 0.3 is 0 Å². The second-order valence-corrected chi connectivity index (χ2v) is 6.63. The van der Waals surface area contributed by atoms with Crippen molar-refractivity contribution in [2.45, 2.75) is 43.4 Å². The van der Waals surface area contributed by atoms with Gasteiger partial charge in [0, 0.05) is 26.2 Å². The summed E-state index contributed by atoms with van der Waals surface area (Å²) in [7, 11) is 3.50. The van der Waals surface area contributed by atoms with Crippen molar-refractivity contribution in [2.24, 2.45) is 0 Å². The Morgan fingerprint density at radius 1 is 1.26 bits per heavy atom. The van der Waals surface area contributed by atoms with Crippen LogP contribution in [0.25, 0.3) is 6.08 Å². The van der Waals surface area contributed by atoms with Gasteiger partial charge in [-0.05, 0) is 43.4 Å². The van der Waals surface area contributed by atoms with Gasteiger partial charge in [-0.15, -0.1) is 0 Å². The molecule has 1 aliphatic heterocycles. The van der Waals surface area contributed by atoms with E-state index in [1.165, 1.54) is 5.56 Å². The number of hydrogen-bond donors (Lipinski definition) is 1. The molecule has 1 heterocycles. The second-order valence-electron chi connectivity index (χ2n) is 6.63. The highest BCUT2D eigenvalue weighted by Crippen LogP contribution is 2.42. The topological polar surface area (TPSA) is 41.9 Å². The van der Waals surface area contributed by atoms with Crippen molar-refractivity contribution in [3.63, 3.8) is 0 Å². The van der Waals surface area contributed by atoms with E-state index in [0.29, 0.717) is 6.04 Å². The van der Waals surface area contributed by atoms with Crippen molar-refractivity contribution in [3.8, 4) is 5.75 Å². The maximum atomic E-state index is 10.0. The SMILES string of the molecule is COc1ccc(/C=C/CN2CC[C@]3(OC)CC[C@H](O)C[C@H]23)cc1. The van der Waals surface area contributed by atoms with Gasteiger partial charge in [0.2, 0.25) is 0 Å². The van der Waals surface area contributed by atoms with E-state index in [0.717, 1.165) is 44.5 Å². The average Bonchev–Trinajstić information content (AvgIpc) is 2.94. The molecule has 23 heavy (non-hydrogen) atoms. The van der Waals surface area contributed by atoms with Crippen LogP contribution in [0.5, 0.6) is 5.75 Å². The van der Waals surface area contributed by atoms with Crippen LogP contribution in [0.4, 0.5) is 0 Å². The minimum atomic E-state index is -0.186. The molecule has 1 aromatic carbocycles. The van der Waals surface area contributed by atoms with Crippen molar-refractivity contribution in [2.75, 3.05) is 27.3 Å². The van der Waals surface area contributed by atoms with Crippen LogP contribution in [0.15, 0.2) is 30.3 Å². The first kappa shape index (κ1) is 16.5. The Kier molecular flexibility index (Phi) is 5.05. The van der Waals surface area contributed by atoms with E-state index < -0.39 is 0 Å². The van der Waals surface area contributed by atoms with Crippen molar-refractivity contribution in [1.82, 2.24) is 4.90 Å². The first-order chi connectivity index (χ1) is 11.2. The highest BCUT2D eigenvalue weighted by Gasteiger charge is 2.50. The lowest BCUT2D eigenvalue weighted by atomic mass is 9.79. The maximum absolute atomic E-state index is 10.0. The summed E-state index contributed by atoms with van der Waals surface area (Å²) in [5.74, 6) is 0.878. The van der Waals surface area contributed by atoms with E-state index in [1.807, 2.05) is 19.2 Å². The molecule has 0 aromatic heterocycles. The van der Waals surface area contributed by atoms with Crippen LogP contribution in [0, 0.1) is 0 Å². The molecule has 0 amide bonds. The number of hydrogen-bond acceptors (Lipinski definition) is 4. The van der Waals surface area contributed by atoms with Crippen molar-refractivity contribution < 1.29 is 14.6 Å². The Hall–Kier alpha value is -1.36. The molecule has 3 rings (SSSR count). The predicted octanol–water partition coefficient (Wildman–Crippen LogP) is 2.71. The molecular weight excluding hydrogens is 290 g/mol. The van der Waals surface area contributed by atoms with Crippen molar-refractivity contribution in [1.29, 1.82) is 0 Å². The first-order valence-corrected chi connectivity index (χ1v) is 8.45. The lowest BCUT2D eigenvalue weighted by Gasteiger charge is -2.42. The molecule has 1 saturated heterocycles. The third-order valence-electron chi connectivity index (χ3n) is 5.44. The summed E-state index contributed by atoms with van der Waals surface area (Å²) >= 11 is 0. The summed E-state index contributed by atoms with van der Waals surface area (Å²) in [5, 5.41) is 10.0. The molecule has 1 aromatic rings. The van der Waals surface area contributed by atoms with E-state index in [1.54, 1.807) is 7.11 Å². The van der Waals surface area contributed by atoms with Crippen LogP contribution in [0.2, 0.25) is 0 Å². The molecule has 0 bridgehead atoms. The molecule has 126 valence electrons. The van der Waals surface area contributed by atoms with Crippen LogP contribution in [0.1, 0.15) is 31.2 Å². The minimum Gasteiger partial charge on any atom is -0.497 e. The maximum Gasteiger partial charge on any atom is 0.118 e. The normalized spacial score (nSPS) is 31.4. The Morgan fingerprint density at radius 2 is 2.04 bits per heavy atom. The smallest absolute Gasteiger partial charge is 0.118 e. The van der Waals surface area contributed by atoms with Crippen molar-refractivity contribution in [3.05, 3.63) is 35.9 Å². The zero-order chi connectivity index (χ0) is 16.3. The van der Waals surface area contributed by atoms with Gasteiger partial charge < -0.3 is 14.6 Å². The molecule has 0 spiro atoms. The van der Waals surface area contributed by atoms with Gasteiger partial charge in [-0.2, -0.15) is 0 Å². The first-order valence-electron chi connectivity index (χ1n) is 8.45. The number of aliphatic hydroxyl groups is 1. The highest BCUT2D eigenvalue weighted by atomic mass is 16.5. The summed E-state index contributed by atoms with van der Waals surface area (Å²) in [4.78, 5) is 2.45. The fourth-order valence-electron chi connectivity index (χ4n) is 4.03. The number of benzene rings is 1. The average molecular weight is 317 g/mol. The quantitative estimate of drug-likeness (QED) is 0.907. The summed E-state index contributed by atoms with van der Waals surface area (Å²) in [5.41, 5.74) is 1.12. The Bertz CT molecular complexity index is 542. The van der Waals surface area contributed by atoms with Gasteiger partial charge in [0.25, 0.3) is 0 Å². The van der Waals surface area contributed by atoms with Gasteiger partial charge in [-0.1, -0.05) is 24.3 Å². The number of aliphatic hydroxyl groups excluding tert-OH is 1. The van der Waals surface area contributed by atoms with Crippen LogP contribution in [-0.2, 0) is 4.74 Å². The van der Waals surface area contributed by atoms with E-state index in [4.69, 9.17) is 9.47 Å². The van der Waals surface area contributed by atoms with Gasteiger partial charge in [-0.3, -0.25) is 4.90 Å². The third kappa shape index (κ3) is 3.44.